The van der Waals surface area contributed by atoms with E-state index in [1.165, 1.54) is 18.7 Å². The van der Waals surface area contributed by atoms with Crippen LogP contribution in [-0.2, 0) is 24.0 Å². The maximum absolute atomic E-state index is 12.6. The molecule has 0 aromatic heterocycles. The molecule has 4 unspecified atom stereocenters. The fourth-order valence-electron chi connectivity index (χ4n) is 2.91. The Balaban J connectivity index is 2.69. The van der Waals surface area contributed by atoms with Crippen molar-refractivity contribution in [3.63, 3.8) is 0 Å². The first-order valence-corrected chi connectivity index (χ1v) is 11.2. The normalized spacial score (nSPS) is 18.7. The van der Waals surface area contributed by atoms with Crippen LogP contribution >= 0.6 is 11.8 Å². The molecule has 7 N–H and O–H groups in total. The van der Waals surface area contributed by atoms with Gasteiger partial charge in [-0.1, -0.05) is 0 Å². The quantitative estimate of drug-likeness (QED) is 0.194. The van der Waals surface area contributed by atoms with Crippen molar-refractivity contribution >= 4 is 41.4 Å². The molecule has 4 atom stereocenters. The van der Waals surface area contributed by atoms with Crippen molar-refractivity contribution in [3.8, 4) is 0 Å². The Morgan fingerprint density at radius 3 is 2.33 bits per heavy atom. The summed E-state index contributed by atoms with van der Waals surface area (Å²) >= 11 is 1.45. The van der Waals surface area contributed by atoms with Crippen LogP contribution in [0.15, 0.2) is 0 Å². The number of thioether (sulfide) groups is 1. The Kier molecular flexibility index (Phi) is 11.2. The maximum Gasteiger partial charge on any atom is 0.326 e. The van der Waals surface area contributed by atoms with Gasteiger partial charge < -0.3 is 32.1 Å². The van der Waals surface area contributed by atoms with Crippen molar-refractivity contribution in [3.05, 3.63) is 0 Å². The minimum atomic E-state index is -1.16. The van der Waals surface area contributed by atoms with E-state index in [1.54, 1.807) is 0 Å². The molecule has 11 nitrogen and oxygen atoms in total. The molecular formula is C18H31N5O6S. The highest BCUT2D eigenvalue weighted by Gasteiger charge is 2.30. The molecule has 0 aromatic carbocycles. The second kappa shape index (κ2) is 13.1. The Hall–Kier alpha value is -2.34. The molecule has 0 aromatic rings. The van der Waals surface area contributed by atoms with Gasteiger partial charge in [-0.05, 0) is 51.2 Å². The molecular weight excluding hydrogens is 414 g/mol. The number of carbonyl (C=O) groups excluding carboxylic acids is 4. The molecule has 0 radical (unpaired) electrons. The summed E-state index contributed by atoms with van der Waals surface area (Å²) in [6.07, 6.45) is 3.42. The number of primary amides is 1. The maximum atomic E-state index is 12.6. The number of carboxylic acids is 1. The largest absolute Gasteiger partial charge is 0.480 e. The fraction of sp³-hybridized carbons (Fsp3) is 0.722. The lowest BCUT2D eigenvalue weighted by atomic mass is 10.1. The number of amides is 4. The molecule has 1 aliphatic rings. The van der Waals surface area contributed by atoms with Gasteiger partial charge in [0.25, 0.3) is 0 Å². The molecule has 30 heavy (non-hydrogen) atoms. The van der Waals surface area contributed by atoms with Gasteiger partial charge in [-0.3, -0.25) is 19.2 Å². The molecule has 0 spiro atoms. The Labute approximate surface area is 179 Å². The molecule has 1 heterocycles. The second-order valence-electron chi connectivity index (χ2n) is 7.13. The van der Waals surface area contributed by atoms with Crippen LogP contribution in [0.2, 0.25) is 0 Å². The van der Waals surface area contributed by atoms with Crippen LogP contribution in [0.3, 0.4) is 0 Å². The van der Waals surface area contributed by atoms with Crippen molar-refractivity contribution in [2.24, 2.45) is 5.73 Å². The van der Waals surface area contributed by atoms with Gasteiger partial charge in [-0.2, -0.15) is 11.8 Å². The lowest BCUT2D eigenvalue weighted by Gasteiger charge is -2.23. The van der Waals surface area contributed by atoms with Gasteiger partial charge in [0.1, 0.15) is 18.1 Å². The third-order valence-electron chi connectivity index (χ3n) is 4.67. The lowest BCUT2D eigenvalue weighted by Crippen LogP contribution is -2.56. The highest BCUT2D eigenvalue weighted by molar-refractivity contribution is 7.98. The van der Waals surface area contributed by atoms with Crippen LogP contribution < -0.4 is 27.0 Å². The first-order chi connectivity index (χ1) is 14.1. The molecule has 170 valence electrons. The van der Waals surface area contributed by atoms with Crippen LogP contribution in [0.4, 0.5) is 0 Å². The zero-order chi connectivity index (χ0) is 22.7. The number of hydrogen-bond donors (Lipinski definition) is 6. The molecule has 0 bridgehead atoms. The predicted molar refractivity (Wildman–Crippen MR) is 112 cm³/mol. The van der Waals surface area contributed by atoms with E-state index in [9.17, 15) is 29.1 Å². The van der Waals surface area contributed by atoms with Crippen molar-refractivity contribution in [2.45, 2.75) is 63.2 Å². The Morgan fingerprint density at radius 1 is 1.10 bits per heavy atom. The smallest absolute Gasteiger partial charge is 0.326 e. The van der Waals surface area contributed by atoms with Gasteiger partial charge in [-0.15, -0.1) is 0 Å². The zero-order valence-corrected chi connectivity index (χ0v) is 18.0. The van der Waals surface area contributed by atoms with Crippen molar-refractivity contribution in [1.82, 2.24) is 21.3 Å². The van der Waals surface area contributed by atoms with E-state index in [-0.39, 0.29) is 25.2 Å². The average molecular weight is 446 g/mol. The summed E-state index contributed by atoms with van der Waals surface area (Å²) in [4.78, 5) is 59.6. The van der Waals surface area contributed by atoms with Gasteiger partial charge in [0.2, 0.25) is 23.6 Å². The van der Waals surface area contributed by atoms with Gasteiger partial charge >= 0.3 is 5.97 Å². The zero-order valence-electron chi connectivity index (χ0n) is 17.2. The molecule has 1 fully saturated rings. The van der Waals surface area contributed by atoms with E-state index < -0.39 is 47.9 Å². The highest BCUT2D eigenvalue weighted by Crippen LogP contribution is 2.07. The SMILES string of the molecule is CSCCC(NC(=O)C(C)NC(=O)C(CCC(N)=O)NC(=O)C1CCCN1)C(=O)O. The third kappa shape index (κ3) is 8.99. The summed E-state index contributed by atoms with van der Waals surface area (Å²) < 4.78 is 0. The minimum absolute atomic E-state index is 0.0144. The van der Waals surface area contributed by atoms with E-state index in [0.29, 0.717) is 18.7 Å². The van der Waals surface area contributed by atoms with Crippen molar-refractivity contribution in [1.29, 1.82) is 0 Å². The molecule has 0 aliphatic carbocycles. The summed E-state index contributed by atoms with van der Waals surface area (Å²) in [6, 6.07) is -3.56. The van der Waals surface area contributed by atoms with Crippen LogP contribution in [0, 0.1) is 0 Å². The molecule has 4 amide bonds. The topological polar surface area (TPSA) is 180 Å². The first kappa shape index (κ1) is 25.7. The lowest BCUT2D eigenvalue weighted by molar-refractivity contribution is -0.142. The van der Waals surface area contributed by atoms with Crippen LogP contribution in [0.1, 0.15) is 39.0 Å². The standard InChI is InChI=1S/C18H31N5O6S/c1-10(15(25)23-13(18(28)29)7-9-30-2)21-17(27)12(5-6-14(19)24)22-16(26)11-4-3-8-20-11/h10-13,20H,3-9H2,1-2H3,(H2,19,24)(H,21,27)(H,22,26)(H,23,25)(H,28,29). The van der Waals surface area contributed by atoms with Crippen molar-refractivity contribution < 1.29 is 29.1 Å². The summed E-state index contributed by atoms with van der Waals surface area (Å²) in [5.74, 6) is -2.90. The number of rotatable bonds is 13. The first-order valence-electron chi connectivity index (χ1n) is 9.80. The molecule has 1 saturated heterocycles. The summed E-state index contributed by atoms with van der Waals surface area (Å²) in [5, 5.41) is 19.7. The number of nitrogens with two attached hydrogens (primary N) is 1. The average Bonchev–Trinajstić information content (AvgIpc) is 3.22. The third-order valence-corrected chi connectivity index (χ3v) is 5.31. The molecule has 0 saturated carbocycles. The van der Waals surface area contributed by atoms with E-state index in [1.807, 2.05) is 6.26 Å². The monoisotopic (exact) mass is 445 g/mol. The summed E-state index contributed by atoms with van der Waals surface area (Å²) in [7, 11) is 0. The predicted octanol–water partition coefficient (Wildman–Crippen LogP) is -1.68. The van der Waals surface area contributed by atoms with Crippen LogP contribution in [0.25, 0.3) is 0 Å². The fourth-order valence-corrected chi connectivity index (χ4v) is 3.38. The van der Waals surface area contributed by atoms with Gasteiger partial charge in [-0.25, -0.2) is 4.79 Å². The highest BCUT2D eigenvalue weighted by atomic mass is 32.2. The number of nitrogens with one attached hydrogen (secondary N) is 4. The van der Waals surface area contributed by atoms with E-state index in [4.69, 9.17) is 5.73 Å². The molecule has 12 heteroatoms. The minimum Gasteiger partial charge on any atom is -0.480 e. The number of hydrogen-bond acceptors (Lipinski definition) is 7. The number of carbonyl (C=O) groups is 5. The van der Waals surface area contributed by atoms with E-state index >= 15 is 0 Å². The number of carboxylic acid groups (broad SMARTS) is 1. The van der Waals surface area contributed by atoms with Gasteiger partial charge in [0, 0.05) is 6.42 Å². The molecule has 1 aliphatic heterocycles. The second-order valence-corrected chi connectivity index (χ2v) is 8.11. The molecule has 1 rings (SSSR count). The van der Waals surface area contributed by atoms with Crippen LogP contribution in [-0.4, -0.2) is 77.4 Å². The van der Waals surface area contributed by atoms with E-state index in [2.05, 4.69) is 21.3 Å². The van der Waals surface area contributed by atoms with Crippen LogP contribution in [0.5, 0.6) is 0 Å². The van der Waals surface area contributed by atoms with Gasteiger partial charge in [0.05, 0.1) is 6.04 Å². The summed E-state index contributed by atoms with van der Waals surface area (Å²) in [6.45, 7) is 2.11. The Morgan fingerprint density at radius 2 is 1.80 bits per heavy atom. The van der Waals surface area contributed by atoms with Gasteiger partial charge in [0.15, 0.2) is 0 Å². The Bertz CT molecular complexity index is 641. The number of aliphatic carboxylic acids is 1. The van der Waals surface area contributed by atoms with E-state index in [0.717, 1.165) is 6.42 Å². The van der Waals surface area contributed by atoms with Crippen molar-refractivity contribution in [2.75, 3.05) is 18.6 Å². The summed E-state index contributed by atoms with van der Waals surface area (Å²) in [5.41, 5.74) is 5.15.